The monoisotopic (exact) mass is 398 g/mol. The molecule has 1 aromatic carbocycles. The average molecular weight is 399 g/mol. The lowest BCUT2D eigenvalue weighted by Crippen LogP contribution is -2.50. The number of pyridine rings is 1. The molecular formula is C20H26N6OS. The molecule has 0 bridgehead atoms. The Hall–Kier alpha value is -2.48. The highest BCUT2D eigenvalue weighted by molar-refractivity contribution is 8.00. The minimum Gasteiger partial charge on any atom is -0.382 e. The van der Waals surface area contributed by atoms with E-state index < -0.39 is 0 Å². The molecule has 4 N–H and O–H groups in total. The van der Waals surface area contributed by atoms with Crippen LogP contribution in [0.2, 0.25) is 0 Å². The number of anilines is 1. The topological polar surface area (TPSA) is 103 Å². The summed E-state index contributed by atoms with van der Waals surface area (Å²) in [5.74, 6) is 3.48. The maximum absolute atomic E-state index is 11.7. The Morgan fingerprint density at radius 2 is 2.07 bits per heavy atom. The van der Waals surface area contributed by atoms with E-state index in [0.29, 0.717) is 18.4 Å². The Morgan fingerprint density at radius 1 is 1.29 bits per heavy atom. The summed E-state index contributed by atoms with van der Waals surface area (Å²) < 4.78 is 2.27. The fourth-order valence-electron chi connectivity index (χ4n) is 3.84. The SMILES string of the molecule is CCc1nc2c(N)nc3ccccc3c2n1CCCCN(C(N)=O)C1CSC1. The van der Waals surface area contributed by atoms with Crippen LogP contribution in [0.3, 0.4) is 0 Å². The number of nitrogens with zero attached hydrogens (tertiary/aromatic N) is 4. The lowest BCUT2D eigenvalue weighted by atomic mass is 10.2. The molecule has 28 heavy (non-hydrogen) atoms. The summed E-state index contributed by atoms with van der Waals surface area (Å²) in [6, 6.07) is 8.04. The second-order valence-corrected chi connectivity index (χ2v) is 8.25. The van der Waals surface area contributed by atoms with Crippen molar-refractivity contribution in [2.24, 2.45) is 5.73 Å². The van der Waals surface area contributed by atoms with E-state index in [4.69, 9.17) is 16.5 Å². The first-order valence-corrected chi connectivity index (χ1v) is 10.9. The molecule has 1 aliphatic heterocycles. The Balaban J connectivity index is 1.57. The molecule has 7 nitrogen and oxygen atoms in total. The summed E-state index contributed by atoms with van der Waals surface area (Å²) in [6.45, 7) is 3.64. The highest BCUT2D eigenvalue weighted by Gasteiger charge is 2.27. The number of imidazole rings is 1. The summed E-state index contributed by atoms with van der Waals surface area (Å²) in [5.41, 5.74) is 14.5. The third-order valence-corrected chi connectivity index (χ3v) is 6.62. The molecule has 2 amide bonds. The molecule has 0 aliphatic carbocycles. The van der Waals surface area contributed by atoms with Crippen LogP contribution in [0, 0.1) is 0 Å². The van der Waals surface area contributed by atoms with E-state index in [1.54, 1.807) is 0 Å². The molecule has 1 fully saturated rings. The van der Waals surface area contributed by atoms with Crippen LogP contribution in [0.1, 0.15) is 25.6 Å². The number of amides is 2. The van der Waals surface area contributed by atoms with Crippen LogP contribution in [0.15, 0.2) is 24.3 Å². The van der Waals surface area contributed by atoms with Gasteiger partial charge in [-0.15, -0.1) is 0 Å². The van der Waals surface area contributed by atoms with Crippen LogP contribution in [-0.4, -0.2) is 49.6 Å². The van der Waals surface area contributed by atoms with Crippen molar-refractivity contribution >= 4 is 45.5 Å². The maximum atomic E-state index is 11.7. The number of hydrogen-bond acceptors (Lipinski definition) is 5. The zero-order chi connectivity index (χ0) is 19.7. The summed E-state index contributed by atoms with van der Waals surface area (Å²) in [5, 5.41) is 1.07. The standard InChI is InChI=1S/C20H26N6OS/c1-2-16-24-17-18(14-7-3-4-8-15(14)23-19(17)21)26(16)10-6-5-9-25(20(22)27)13-11-28-12-13/h3-4,7-8,13H,2,5-6,9-12H2,1H3,(H2,21,23)(H2,22,27). The van der Waals surface area contributed by atoms with Crippen molar-refractivity contribution in [3.05, 3.63) is 30.1 Å². The average Bonchev–Trinajstić information content (AvgIpc) is 3.02. The normalized spacial score (nSPS) is 14.5. The van der Waals surface area contributed by atoms with Gasteiger partial charge >= 0.3 is 6.03 Å². The molecule has 3 heterocycles. The van der Waals surface area contributed by atoms with Gasteiger partial charge in [-0.25, -0.2) is 14.8 Å². The number of urea groups is 1. The number of aryl methyl sites for hydroxylation is 2. The van der Waals surface area contributed by atoms with E-state index in [1.807, 2.05) is 34.9 Å². The number of rotatable bonds is 7. The minimum absolute atomic E-state index is 0.303. The molecule has 0 unspecified atom stereocenters. The van der Waals surface area contributed by atoms with Crippen LogP contribution < -0.4 is 11.5 Å². The van der Waals surface area contributed by atoms with Crippen molar-refractivity contribution in [2.75, 3.05) is 23.8 Å². The van der Waals surface area contributed by atoms with Gasteiger partial charge in [-0.3, -0.25) is 0 Å². The van der Waals surface area contributed by atoms with Gasteiger partial charge in [-0.2, -0.15) is 11.8 Å². The summed E-state index contributed by atoms with van der Waals surface area (Å²) in [7, 11) is 0. The Morgan fingerprint density at radius 3 is 2.75 bits per heavy atom. The van der Waals surface area contributed by atoms with Crippen molar-refractivity contribution in [1.82, 2.24) is 19.4 Å². The summed E-state index contributed by atoms with van der Waals surface area (Å²) in [6.07, 6.45) is 2.68. The number of nitrogens with two attached hydrogens (primary N) is 2. The molecule has 4 rings (SSSR count). The first-order chi connectivity index (χ1) is 13.6. The third-order valence-electron chi connectivity index (χ3n) is 5.38. The fourth-order valence-corrected chi connectivity index (χ4v) is 4.65. The lowest BCUT2D eigenvalue weighted by molar-refractivity contribution is 0.190. The Kier molecular flexibility index (Phi) is 5.30. The van der Waals surface area contributed by atoms with Crippen LogP contribution in [0.25, 0.3) is 21.9 Å². The van der Waals surface area contributed by atoms with E-state index >= 15 is 0 Å². The number of carbonyl (C=O) groups is 1. The third kappa shape index (κ3) is 3.37. The molecule has 148 valence electrons. The van der Waals surface area contributed by atoms with E-state index in [1.165, 1.54) is 0 Å². The highest BCUT2D eigenvalue weighted by Crippen LogP contribution is 2.29. The number of carbonyl (C=O) groups excluding carboxylic acids is 1. The first kappa shape index (κ1) is 18.9. The second kappa shape index (κ2) is 7.87. The van der Waals surface area contributed by atoms with Crippen LogP contribution in [0.4, 0.5) is 10.6 Å². The molecule has 0 radical (unpaired) electrons. The molecule has 8 heteroatoms. The van der Waals surface area contributed by atoms with Gasteiger partial charge in [0.1, 0.15) is 11.3 Å². The molecule has 0 saturated carbocycles. The van der Waals surface area contributed by atoms with Crippen LogP contribution in [-0.2, 0) is 13.0 Å². The number of unbranched alkanes of at least 4 members (excludes halogenated alkanes) is 1. The van der Waals surface area contributed by atoms with E-state index in [9.17, 15) is 4.79 Å². The molecule has 2 aromatic heterocycles. The predicted molar refractivity (Wildman–Crippen MR) is 115 cm³/mol. The molecule has 1 aliphatic rings. The Bertz CT molecular complexity index is 1010. The summed E-state index contributed by atoms with van der Waals surface area (Å²) >= 11 is 1.86. The zero-order valence-corrected chi connectivity index (χ0v) is 16.9. The number of thioether (sulfide) groups is 1. The highest BCUT2D eigenvalue weighted by atomic mass is 32.2. The zero-order valence-electron chi connectivity index (χ0n) is 16.1. The number of aromatic nitrogens is 3. The van der Waals surface area contributed by atoms with Crippen molar-refractivity contribution in [3.8, 4) is 0 Å². The number of hydrogen-bond donors (Lipinski definition) is 2. The smallest absolute Gasteiger partial charge is 0.315 e. The minimum atomic E-state index is -0.308. The van der Waals surface area contributed by atoms with Gasteiger partial charge in [-0.05, 0) is 18.9 Å². The van der Waals surface area contributed by atoms with Crippen LogP contribution in [0.5, 0.6) is 0 Å². The number of benzene rings is 1. The molecule has 0 spiro atoms. The van der Waals surface area contributed by atoms with Gasteiger partial charge in [0, 0.05) is 36.4 Å². The van der Waals surface area contributed by atoms with Crippen LogP contribution >= 0.6 is 11.8 Å². The molecule has 1 saturated heterocycles. The van der Waals surface area contributed by atoms with E-state index in [0.717, 1.165) is 65.1 Å². The fraction of sp³-hybridized carbons (Fsp3) is 0.450. The number of nitrogen functional groups attached to an aromatic ring is 1. The van der Waals surface area contributed by atoms with Crippen molar-refractivity contribution in [2.45, 2.75) is 38.8 Å². The maximum Gasteiger partial charge on any atom is 0.315 e. The van der Waals surface area contributed by atoms with Gasteiger partial charge in [0.15, 0.2) is 5.82 Å². The van der Waals surface area contributed by atoms with Gasteiger partial charge < -0.3 is 20.9 Å². The van der Waals surface area contributed by atoms with Crippen molar-refractivity contribution in [3.63, 3.8) is 0 Å². The number of primary amides is 1. The number of fused-ring (bicyclic) bond motifs is 3. The summed E-state index contributed by atoms with van der Waals surface area (Å²) in [4.78, 5) is 22.8. The van der Waals surface area contributed by atoms with Gasteiger partial charge in [0.05, 0.1) is 17.1 Å². The van der Waals surface area contributed by atoms with Gasteiger partial charge in [-0.1, -0.05) is 25.1 Å². The molecule has 0 atom stereocenters. The molecular weight excluding hydrogens is 372 g/mol. The Labute approximate surface area is 168 Å². The molecule has 3 aromatic rings. The number of para-hydroxylation sites is 1. The van der Waals surface area contributed by atoms with Crippen molar-refractivity contribution in [1.29, 1.82) is 0 Å². The lowest BCUT2D eigenvalue weighted by Gasteiger charge is -2.35. The largest absolute Gasteiger partial charge is 0.382 e. The van der Waals surface area contributed by atoms with E-state index in [2.05, 4.69) is 22.5 Å². The predicted octanol–water partition coefficient (Wildman–Crippen LogP) is 3.01. The van der Waals surface area contributed by atoms with Gasteiger partial charge in [0.25, 0.3) is 0 Å². The van der Waals surface area contributed by atoms with Gasteiger partial charge in [0.2, 0.25) is 0 Å². The quantitative estimate of drug-likeness (QED) is 0.596. The first-order valence-electron chi connectivity index (χ1n) is 9.77. The van der Waals surface area contributed by atoms with E-state index in [-0.39, 0.29) is 6.03 Å². The van der Waals surface area contributed by atoms with Crippen molar-refractivity contribution < 1.29 is 4.79 Å². The second-order valence-electron chi connectivity index (χ2n) is 7.17.